The fraction of sp³-hybridized carbons (Fsp3) is 0. The zero-order valence-corrected chi connectivity index (χ0v) is 14.4. The average Bonchev–Trinajstić information content (AvgIpc) is 2.36. The summed E-state index contributed by atoms with van der Waals surface area (Å²) >= 11 is 23.1. The van der Waals surface area contributed by atoms with E-state index in [1.165, 1.54) is 36.4 Å². The van der Waals surface area contributed by atoms with E-state index in [-0.39, 0.29) is 25.5 Å². The Labute approximate surface area is 147 Å². The number of halogens is 4. The number of carbonyl (C=O) groups excluding carboxylic acids is 1. The van der Waals surface area contributed by atoms with Crippen molar-refractivity contribution >= 4 is 62.3 Å². The van der Waals surface area contributed by atoms with Crippen LogP contribution in [0.25, 0.3) is 0 Å². The lowest BCUT2D eigenvalue weighted by Crippen LogP contribution is -2.30. The summed E-state index contributed by atoms with van der Waals surface area (Å²) in [5.41, 5.74) is -0.0252. The topological polar surface area (TPSA) is 63.2 Å². The van der Waals surface area contributed by atoms with E-state index in [2.05, 4.69) is 0 Å². The van der Waals surface area contributed by atoms with Crippen LogP contribution in [0, 0.1) is 0 Å². The van der Waals surface area contributed by atoms with Gasteiger partial charge in [-0.25, -0.2) is 13.1 Å². The Morgan fingerprint density at radius 1 is 0.864 bits per heavy atom. The minimum Gasteiger partial charge on any atom is -0.268 e. The quantitative estimate of drug-likeness (QED) is 0.832. The van der Waals surface area contributed by atoms with Gasteiger partial charge in [0.2, 0.25) is 0 Å². The van der Waals surface area contributed by atoms with Crippen molar-refractivity contribution in [1.82, 2.24) is 4.72 Å². The molecule has 0 saturated heterocycles. The largest absolute Gasteiger partial charge is 0.268 e. The fourth-order valence-electron chi connectivity index (χ4n) is 1.59. The molecule has 116 valence electrons. The van der Waals surface area contributed by atoms with Crippen LogP contribution in [0.1, 0.15) is 10.4 Å². The summed E-state index contributed by atoms with van der Waals surface area (Å²) in [5, 5.41) is 0.616. The minimum absolute atomic E-state index is 0.0252. The molecule has 0 unspecified atom stereocenters. The summed E-state index contributed by atoms with van der Waals surface area (Å²) in [4.78, 5) is 11.8. The minimum atomic E-state index is -4.14. The molecule has 0 aliphatic carbocycles. The first-order valence-electron chi connectivity index (χ1n) is 5.67. The van der Waals surface area contributed by atoms with Crippen LogP contribution >= 0.6 is 46.4 Å². The van der Waals surface area contributed by atoms with Crippen molar-refractivity contribution in [2.45, 2.75) is 4.90 Å². The molecule has 0 aliphatic rings. The molecule has 4 nitrogen and oxygen atoms in total. The molecule has 22 heavy (non-hydrogen) atoms. The Hall–Kier alpha value is -0.980. The van der Waals surface area contributed by atoms with Gasteiger partial charge in [0.25, 0.3) is 15.9 Å². The summed E-state index contributed by atoms with van der Waals surface area (Å²) in [5.74, 6) is -0.891. The second-order valence-electron chi connectivity index (χ2n) is 4.16. The summed E-state index contributed by atoms with van der Waals surface area (Å²) < 4.78 is 26.3. The lowest BCUT2D eigenvalue weighted by Gasteiger charge is -2.09. The Morgan fingerprint density at radius 2 is 1.45 bits per heavy atom. The molecule has 2 aromatic carbocycles. The average molecular weight is 399 g/mol. The SMILES string of the molecule is O=C(NS(=O)(=O)c1cc(Cl)cc(Cl)c1)c1ccc(Cl)cc1Cl. The van der Waals surface area contributed by atoms with Gasteiger partial charge >= 0.3 is 0 Å². The molecule has 0 fully saturated rings. The van der Waals surface area contributed by atoms with Crippen molar-refractivity contribution in [3.05, 3.63) is 62.1 Å². The van der Waals surface area contributed by atoms with E-state index in [9.17, 15) is 13.2 Å². The molecule has 1 amide bonds. The van der Waals surface area contributed by atoms with E-state index in [1.807, 2.05) is 4.72 Å². The molecule has 0 heterocycles. The van der Waals surface area contributed by atoms with E-state index < -0.39 is 15.9 Å². The molecule has 2 aromatic rings. The van der Waals surface area contributed by atoms with Gasteiger partial charge in [0.15, 0.2) is 0 Å². The molecule has 0 aromatic heterocycles. The molecule has 0 radical (unpaired) electrons. The summed E-state index contributed by atoms with van der Waals surface area (Å²) in [6.45, 7) is 0. The Bertz CT molecular complexity index is 832. The molecule has 0 bridgehead atoms. The number of hydrogen-bond donors (Lipinski definition) is 1. The third-order valence-electron chi connectivity index (χ3n) is 2.55. The van der Waals surface area contributed by atoms with Crippen molar-refractivity contribution in [2.24, 2.45) is 0 Å². The van der Waals surface area contributed by atoms with Gasteiger partial charge in [0.1, 0.15) is 0 Å². The van der Waals surface area contributed by atoms with Gasteiger partial charge in [0.05, 0.1) is 15.5 Å². The number of rotatable bonds is 3. The standard InChI is InChI=1S/C13H7Cl4NO3S/c14-7-1-2-11(12(17)6-7)13(19)18-22(20,21)10-4-8(15)3-9(16)5-10/h1-6H,(H,18,19). The molecular formula is C13H7Cl4NO3S. The van der Waals surface area contributed by atoms with E-state index in [1.54, 1.807) is 0 Å². The molecule has 1 N–H and O–H groups in total. The third-order valence-corrected chi connectivity index (χ3v) is 4.84. The van der Waals surface area contributed by atoms with Gasteiger partial charge in [0, 0.05) is 15.1 Å². The maximum Gasteiger partial charge on any atom is 0.266 e. The van der Waals surface area contributed by atoms with Crippen LogP contribution in [-0.4, -0.2) is 14.3 Å². The van der Waals surface area contributed by atoms with Gasteiger partial charge in [-0.15, -0.1) is 0 Å². The molecule has 0 saturated carbocycles. The van der Waals surface area contributed by atoms with Crippen LogP contribution in [0.2, 0.25) is 20.1 Å². The molecule has 0 atom stereocenters. The van der Waals surface area contributed by atoms with E-state index in [0.717, 1.165) is 0 Å². The lowest BCUT2D eigenvalue weighted by atomic mass is 10.2. The highest BCUT2D eigenvalue weighted by atomic mass is 35.5. The van der Waals surface area contributed by atoms with Crippen molar-refractivity contribution < 1.29 is 13.2 Å². The maximum atomic E-state index is 12.2. The van der Waals surface area contributed by atoms with Gasteiger partial charge in [-0.3, -0.25) is 4.79 Å². The predicted octanol–water partition coefficient (Wildman–Crippen LogP) is 4.42. The molecule has 0 spiro atoms. The lowest BCUT2D eigenvalue weighted by molar-refractivity contribution is 0.0981. The van der Waals surface area contributed by atoms with Gasteiger partial charge in [-0.05, 0) is 36.4 Å². The van der Waals surface area contributed by atoms with Crippen LogP contribution < -0.4 is 4.72 Å². The number of amides is 1. The second-order valence-corrected chi connectivity index (χ2v) is 7.56. The van der Waals surface area contributed by atoms with Crippen LogP contribution in [-0.2, 0) is 10.0 Å². The molecule has 2 rings (SSSR count). The highest BCUT2D eigenvalue weighted by molar-refractivity contribution is 7.90. The van der Waals surface area contributed by atoms with Crippen LogP contribution in [0.5, 0.6) is 0 Å². The highest BCUT2D eigenvalue weighted by Gasteiger charge is 2.21. The smallest absolute Gasteiger partial charge is 0.266 e. The van der Waals surface area contributed by atoms with Crippen molar-refractivity contribution in [3.63, 3.8) is 0 Å². The summed E-state index contributed by atoms with van der Waals surface area (Å²) in [6, 6.07) is 7.80. The third kappa shape index (κ3) is 4.06. The second kappa shape index (κ2) is 6.64. The number of carbonyl (C=O) groups is 1. The Kier molecular flexibility index (Phi) is 5.25. The Morgan fingerprint density at radius 3 is 2.00 bits per heavy atom. The van der Waals surface area contributed by atoms with Crippen LogP contribution in [0.3, 0.4) is 0 Å². The maximum absolute atomic E-state index is 12.2. The molecule has 0 aliphatic heterocycles. The predicted molar refractivity (Wildman–Crippen MR) is 87.6 cm³/mol. The first-order chi connectivity index (χ1) is 10.2. The number of sulfonamides is 1. The monoisotopic (exact) mass is 397 g/mol. The van der Waals surface area contributed by atoms with E-state index >= 15 is 0 Å². The number of nitrogens with one attached hydrogen (secondary N) is 1. The summed E-state index contributed by atoms with van der Waals surface area (Å²) in [7, 11) is -4.14. The van der Waals surface area contributed by atoms with Crippen molar-refractivity contribution in [2.75, 3.05) is 0 Å². The molecular weight excluding hydrogens is 392 g/mol. The number of benzene rings is 2. The van der Waals surface area contributed by atoms with Crippen molar-refractivity contribution in [3.8, 4) is 0 Å². The highest BCUT2D eigenvalue weighted by Crippen LogP contribution is 2.24. The zero-order chi connectivity index (χ0) is 16.5. The van der Waals surface area contributed by atoms with Crippen LogP contribution in [0.4, 0.5) is 0 Å². The first-order valence-corrected chi connectivity index (χ1v) is 8.67. The van der Waals surface area contributed by atoms with Crippen molar-refractivity contribution in [1.29, 1.82) is 0 Å². The van der Waals surface area contributed by atoms with Gasteiger partial charge in [-0.2, -0.15) is 0 Å². The fourth-order valence-corrected chi connectivity index (χ4v) is 3.78. The molecule has 9 heteroatoms. The normalized spacial score (nSPS) is 11.3. The van der Waals surface area contributed by atoms with Crippen LogP contribution in [0.15, 0.2) is 41.3 Å². The van der Waals surface area contributed by atoms with Gasteiger partial charge in [-0.1, -0.05) is 46.4 Å². The zero-order valence-electron chi connectivity index (χ0n) is 10.6. The first kappa shape index (κ1) is 17.4. The summed E-state index contributed by atoms with van der Waals surface area (Å²) in [6.07, 6.45) is 0. The van der Waals surface area contributed by atoms with E-state index in [4.69, 9.17) is 46.4 Å². The van der Waals surface area contributed by atoms with Gasteiger partial charge < -0.3 is 0 Å². The Balaban J connectivity index is 2.34. The van der Waals surface area contributed by atoms with E-state index in [0.29, 0.717) is 5.02 Å². The number of hydrogen-bond acceptors (Lipinski definition) is 3.